The number of benzene rings is 1. The van der Waals surface area contributed by atoms with E-state index < -0.39 is 20.9 Å². The van der Waals surface area contributed by atoms with Crippen LogP contribution >= 0.6 is 23.2 Å². The van der Waals surface area contributed by atoms with Crippen LogP contribution in [0, 0.1) is 0 Å². The van der Waals surface area contributed by atoms with E-state index in [-0.39, 0.29) is 16.4 Å². The number of carbonyl (C=O) groups is 1. The third-order valence-electron chi connectivity index (χ3n) is 3.35. The standard InChI is InChI=1S/C14H13Cl2NO4S/c1-8-9(2)14(18)12(16)11(15)13(8)17-21-22(19,20)10-6-4-3-5-7-10/h3-7,11-12H,1-2H3/b17-13+/t11-,12-/m1/s1. The average molecular weight is 362 g/mol. The topological polar surface area (TPSA) is 72.8 Å². The van der Waals surface area contributed by atoms with Crippen molar-refractivity contribution in [2.24, 2.45) is 5.16 Å². The summed E-state index contributed by atoms with van der Waals surface area (Å²) in [5, 5.41) is 1.67. The van der Waals surface area contributed by atoms with Crippen molar-refractivity contribution in [2.45, 2.75) is 29.5 Å². The number of carbonyl (C=O) groups excluding carboxylic acids is 1. The van der Waals surface area contributed by atoms with Crippen LogP contribution in [0.4, 0.5) is 0 Å². The Labute approximate surface area is 138 Å². The third kappa shape index (κ3) is 3.19. The number of halogens is 2. The molecule has 0 heterocycles. The van der Waals surface area contributed by atoms with E-state index >= 15 is 0 Å². The Morgan fingerprint density at radius 1 is 1.05 bits per heavy atom. The van der Waals surface area contributed by atoms with Crippen molar-refractivity contribution in [3.05, 3.63) is 41.5 Å². The predicted molar refractivity (Wildman–Crippen MR) is 84.8 cm³/mol. The van der Waals surface area contributed by atoms with Crippen molar-refractivity contribution in [1.29, 1.82) is 0 Å². The van der Waals surface area contributed by atoms with Gasteiger partial charge < -0.3 is 0 Å². The Bertz CT molecular complexity index is 756. The first-order chi connectivity index (χ1) is 10.3. The van der Waals surface area contributed by atoms with E-state index in [0.717, 1.165) is 0 Å². The molecule has 0 saturated heterocycles. The first-order valence-corrected chi connectivity index (χ1v) is 8.60. The number of Topliss-reactive ketones (excluding diaryl/α,β-unsaturated/α-hetero) is 1. The highest BCUT2D eigenvalue weighted by Gasteiger charge is 2.37. The second-order valence-electron chi connectivity index (χ2n) is 4.74. The molecule has 0 spiro atoms. The normalized spacial score (nSPS) is 24.7. The minimum absolute atomic E-state index is 0.0295. The summed E-state index contributed by atoms with van der Waals surface area (Å²) in [6, 6.07) is 7.59. The fourth-order valence-corrected chi connectivity index (χ4v) is 3.26. The van der Waals surface area contributed by atoms with Gasteiger partial charge >= 0.3 is 10.1 Å². The van der Waals surface area contributed by atoms with Crippen LogP contribution in [0.15, 0.2) is 51.5 Å². The van der Waals surface area contributed by atoms with E-state index in [4.69, 9.17) is 27.5 Å². The number of oxime groups is 1. The molecule has 0 aliphatic heterocycles. The molecule has 5 nitrogen and oxygen atoms in total. The van der Waals surface area contributed by atoms with Gasteiger partial charge in [-0.3, -0.25) is 9.08 Å². The van der Waals surface area contributed by atoms with Crippen LogP contribution in [0.2, 0.25) is 0 Å². The minimum atomic E-state index is -4.05. The molecule has 0 aromatic heterocycles. The van der Waals surface area contributed by atoms with Crippen LogP contribution in [0.3, 0.4) is 0 Å². The SMILES string of the molecule is CC1=C(C)/C(=N\OS(=O)(=O)c2ccccc2)[C@H](Cl)[C@@H](Cl)C1=O. The largest absolute Gasteiger partial charge is 0.358 e. The van der Waals surface area contributed by atoms with Gasteiger partial charge in [-0.2, -0.15) is 8.42 Å². The summed E-state index contributed by atoms with van der Waals surface area (Å²) in [5.41, 5.74) is 0.986. The lowest BCUT2D eigenvalue weighted by molar-refractivity contribution is -0.115. The highest BCUT2D eigenvalue weighted by molar-refractivity contribution is 7.86. The zero-order valence-electron chi connectivity index (χ0n) is 11.8. The van der Waals surface area contributed by atoms with Crippen LogP contribution in [-0.4, -0.2) is 30.7 Å². The van der Waals surface area contributed by atoms with E-state index in [9.17, 15) is 13.2 Å². The first kappa shape index (κ1) is 17.0. The van der Waals surface area contributed by atoms with Gasteiger partial charge in [-0.1, -0.05) is 23.4 Å². The molecule has 2 atom stereocenters. The Kier molecular flexibility index (Phi) is 4.94. The summed E-state index contributed by atoms with van der Waals surface area (Å²) < 4.78 is 28.8. The molecule has 1 aliphatic rings. The van der Waals surface area contributed by atoms with Gasteiger partial charge in [0.25, 0.3) is 0 Å². The highest BCUT2D eigenvalue weighted by Crippen LogP contribution is 2.28. The maximum atomic E-state index is 12.0. The summed E-state index contributed by atoms with van der Waals surface area (Å²) >= 11 is 12.0. The number of hydrogen-bond donors (Lipinski definition) is 0. The summed E-state index contributed by atoms with van der Waals surface area (Å²) in [6.45, 7) is 3.19. The number of ketones is 1. The first-order valence-electron chi connectivity index (χ1n) is 6.32. The molecule has 118 valence electrons. The van der Waals surface area contributed by atoms with Gasteiger partial charge in [0.2, 0.25) is 0 Å². The molecule has 22 heavy (non-hydrogen) atoms. The lowest BCUT2D eigenvalue weighted by Gasteiger charge is -2.24. The molecule has 0 radical (unpaired) electrons. The fraction of sp³-hybridized carbons (Fsp3) is 0.286. The Morgan fingerprint density at radius 3 is 2.23 bits per heavy atom. The fourth-order valence-electron chi connectivity index (χ4n) is 1.90. The molecule has 0 saturated carbocycles. The molecule has 1 aromatic carbocycles. The number of hydrogen-bond acceptors (Lipinski definition) is 5. The highest BCUT2D eigenvalue weighted by atomic mass is 35.5. The quantitative estimate of drug-likeness (QED) is 0.612. The summed E-state index contributed by atoms with van der Waals surface area (Å²) in [5.74, 6) is -0.302. The number of alkyl halides is 2. The monoisotopic (exact) mass is 361 g/mol. The number of nitrogens with zero attached hydrogens (tertiary/aromatic N) is 1. The Hall–Kier alpha value is -1.37. The summed E-state index contributed by atoms with van der Waals surface area (Å²) in [7, 11) is -4.05. The zero-order valence-corrected chi connectivity index (χ0v) is 14.1. The lowest BCUT2D eigenvalue weighted by atomic mass is 9.90. The smallest absolute Gasteiger partial charge is 0.293 e. The van der Waals surface area contributed by atoms with Crippen LogP contribution in [0.5, 0.6) is 0 Å². The summed E-state index contributed by atoms with van der Waals surface area (Å²) in [4.78, 5) is 11.8. The molecule has 0 bridgehead atoms. The van der Waals surface area contributed by atoms with Crippen molar-refractivity contribution >= 4 is 44.8 Å². The third-order valence-corrected chi connectivity index (χ3v) is 5.51. The van der Waals surface area contributed by atoms with Crippen molar-refractivity contribution in [1.82, 2.24) is 0 Å². The van der Waals surface area contributed by atoms with Crippen molar-refractivity contribution in [2.75, 3.05) is 0 Å². The average Bonchev–Trinajstić information content (AvgIpc) is 2.52. The Balaban J connectivity index is 2.36. The summed E-state index contributed by atoms with van der Waals surface area (Å²) in [6.07, 6.45) is 0. The van der Waals surface area contributed by atoms with Gasteiger partial charge in [0, 0.05) is 0 Å². The van der Waals surface area contributed by atoms with E-state index in [1.165, 1.54) is 12.1 Å². The number of rotatable bonds is 3. The molecule has 8 heteroatoms. The van der Waals surface area contributed by atoms with Gasteiger partial charge in [-0.05, 0) is 37.1 Å². The van der Waals surface area contributed by atoms with Crippen molar-refractivity contribution in [3.63, 3.8) is 0 Å². The van der Waals surface area contributed by atoms with Gasteiger partial charge in [0.15, 0.2) is 5.78 Å². The van der Waals surface area contributed by atoms with Gasteiger partial charge in [0.05, 0.1) is 0 Å². The zero-order chi connectivity index (χ0) is 16.5. The molecule has 0 amide bonds. The van der Waals surface area contributed by atoms with E-state index in [2.05, 4.69) is 5.16 Å². The van der Waals surface area contributed by atoms with Crippen LogP contribution in [0.1, 0.15) is 13.8 Å². The predicted octanol–water partition coefficient (Wildman–Crippen LogP) is 2.88. The molecule has 1 aliphatic carbocycles. The van der Waals surface area contributed by atoms with E-state index in [1.54, 1.807) is 32.0 Å². The van der Waals surface area contributed by atoms with Gasteiger partial charge in [-0.25, -0.2) is 0 Å². The maximum Gasteiger partial charge on any atom is 0.358 e. The molecule has 0 fully saturated rings. The molecular formula is C14H13Cl2NO4S. The van der Waals surface area contributed by atoms with E-state index in [0.29, 0.717) is 11.1 Å². The van der Waals surface area contributed by atoms with Crippen molar-refractivity contribution < 1.29 is 17.5 Å². The minimum Gasteiger partial charge on any atom is -0.293 e. The molecule has 2 rings (SSSR count). The van der Waals surface area contributed by atoms with Crippen LogP contribution < -0.4 is 0 Å². The maximum absolute atomic E-state index is 12.0. The molecule has 1 aromatic rings. The second kappa shape index (κ2) is 6.40. The Morgan fingerprint density at radius 2 is 1.64 bits per heavy atom. The van der Waals surface area contributed by atoms with Gasteiger partial charge in [0.1, 0.15) is 21.4 Å². The second-order valence-corrected chi connectivity index (χ2v) is 7.21. The molecule has 0 unspecified atom stereocenters. The van der Waals surface area contributed by atoms with Gasteiger partial charge in [-0.15, -0.1) is 23.2 Å². The van der Waals surface area contributed by atoms with Crippen molar-refractivity contribution in [3.8, 4) is 0 Å². The number of allylic oxidation sites excluding steroid dienone is 2. The molecule has 0 N–H and O–H groups in total. The lowest BCUT2D eigenvalue weighted by Crippen LogP contribution is -2.38. The van der Waals surface area contributed by atoms with E-state index in [1.807, 2.05) is 0 Å². The van der Waals surface area contributed by atoms with Crippen LogP contribution in [0.25, 0.3) is 0 Å². The molecular weight excluding hydrogens is 349 g/mol. The van der Waals surface area contributed by atoms with Crippen LogP contribution in [-0.2, 0) is 19.2 Å².